The van der Waals surface area contributed by atoms with Crippen molar-refractivity contribution in [3.8, 4) is 5.75 Å². The summed E-state index contributed by atoms with van der Waals surface area (Å²) in [6, 6.07) is 16.5. The molecule has 3 aromatic rings. The molecule has 1 aliphatic rings. The molecule has 3 heteroatoms. The monoisotopic (exact) mass is 319 g/mol. The summed E-state index contributed by atoms with van der Waals surface area (Å²) < 4.78 is 12.1. The van der Waals surface area contributed by atoms with Crippen LogP contribution in [-0.2, 0) is 6.61 Å². The van der Waals surface area contributed by atoms with E-state index in [0.29, 0.717) is 6.61 Å². The SMILES string of the molecule is CN(C)CCC=C1c2ccccc2OCc2oc3ccccc3c21. The molecule has 0 aliphatic carbocycles. The Kier molecular flexibility index (Phi) is 3.87. The van der Waals surface area contributed by atoms with E-state index in [4.69, 9.17) is 9.15 Å². The normalized spacial score (nSPS) is 15.2. The summed E-state index contributed by atoms with van der Waals surface area (Å²) in [4.78, 5) is 2.20. The Morgan fingerprint density at radius 1 is 1.04 bits per heavy atom. The summed E-state index contributed by atoms with van der Waals surface area (Å²) in [6.45, 7) is 1.48. The van der Waals surface area contributed by atoms with Crippen molar-refractivity contribution < 1.29 is 9.15 Å². The van der Waals surface area contributed by atoms with Crippen LogP contribution in [0.4, 0.5) is 0 Å². The molecule has 0 bridgehead atoms. The Bertz CT molecular complexity index is 905. The third-order valence-corrected chi connectivity index (χ3v) is 4.40. The number of furan rings is 1. The molecule has 0 unspecified atom stereocenters. The Hall–Kier alpha value is -2.52. The van der Waals surface area contributed by atoms with Crippen LogP contribution in [-0.4, -0.2) is 25.5 Å². The average Bonchev–Trinajstić information content (AvgIpc) is 2.88. The van der Waals surface area contributed by atoms with Gasteiger partial charge in [0.15, 0.2) is 5.76 Å². The van der Waals surface area contributed by atoms with Crippen LogP contribution in [0.25, 0.3) is 16.5 Å². The summed E-state index contributed by atoms with van der Waals surface area (Å²) in [6.07, 6.45) is 3.30. The van der Waals surface area contributed by atoms with Gasteiger partial charge in [0.2, 0.25) is 0 Å². The molecule has 2 aromatic carbocycles. The Labute approximate surface area is 142 Å². The quantitative estimate of drug-likeness (QED) is 0.699. The highest BCUT2D eigenvalue weighted by molar-refractivity contribution is 5.98. The summed E-state index contributed by atoms with van der Waals surface area (Å²) >= 11 is 0. The predicted octanol–water partition coefficient (Wildman–Crippen LogP) is 4.71. The maximum Gasteiger partial charge on any atom is 0.150 e. The van der Waals surface area contributed by atoms with Gasteiger partial charge < -0.3 is 14.1 Å². The minimum Gasteiger partial charge on any atom is -0.485 e. The van der Waals surface area contributed by atoms with Crippen LogP contribution >= 0.6 is 0 Å². The molecule has 0 N–H and O–H groups in total. The van der Waals surface area contributed by atoms with Crippen molar-refractivity contribution in [1.82, 2.24) is 4.90 Å². The van der Waals surface area contributed by atoms with Gasteiger partial charge in [-0.1, -0.05) is 42.5 Å². The number of ether oxygens (including phenoxy) is 1. The van der Waals surface area contributed by atoms with Gasteiger partial charge in [-0.05, 0) is 38.2 Å². The molecule has 0 amide bonds. The van der Waals surface area contributed by atoms with Crippen molar-refractivity contribution in [2.75, 3.05) is 20.6 Å². The summed E-state index contributed by atoms with van der Waals surface area (Å²) in [5.74, 6) is 1.83. The zero-order valence-electron chi connectivity index (χ0n) is 14.1. The first kappa shape index (κ1) is 15.0. The zero-order chi connectivity index (χ0) is 16.5. The molecule has 2 heterocycles. The molecule has 0 saturated carbocycles. The smallest absolute Gasteiger partial charge is 0.150 e. The van der Waals surface area contributed by atoms with Crippen LogP contribution in [0, 0.1) is 0 Å². The van der Waals surface area contributed by atoms with E-state index < -0.39 is 0 Å². The van der Waals surface area contributed by atoms with E-state index in [2.05, 4.69) is 49.3 Å². The van der Waals surface area contributed by atoms with E-state index in [9.17, 15) is 0 Å². The molecule has 122 valence electrons. The van der Waals surface area contributed by atoms with Crippen LogP contribution in [0.2, 0.25) is 0 Å². The minimum atomic E-state index is 0.464. The predicted molar refractivity (Wildman–Crippen MR) is 97.2 cm³/mol. The first-order chi connectivity index (χ1) is 11.7. The fraction of sp³-hybridized carbons (Fsp3) is 0.238. The molecule has 0 atom stereocenters. The number of hydrogen-bond acceptors (Lipinski definition) is 3. The van der Waals surface area contributed by atoms with Gasteiger partial charge in [0.05, 0.1) is 0 Å². The van der Waals surface area contributed by atoms with E-state index in [1.165, 1.54) is 11.1 Å². The highest BCUT2D eigenvalue weighted by atomic mass is 16.5. The van der Waals surface area contributed by atoms with Crippen LogP contribution in [0.15, 0.2) is 59.0 Å². The number of hydrogen-bond donors (Lipinski definition) is 0. The van der Waals surface area contributed by atoms with Gasteiger partial charge in [-0.2, -0.15) is 0 Å². The van der Waals surface area contributed by atoms with Crippen LogP contribution in [0.3, 0.4) is 0 Å². The van der Waals surface area contributed by atoms with Crippen LogP contribution < -0.4 is 4.74 Å². The molecular formula is C21H21NO2. The van der Waals surface area contributed by atoms with Crippen molar-refractivity contribution in [2.45, 2.75) is 13.0 Å². The molecule has 24 heavy (non-hydrogen) atoms. The molecular weight excluding hydrogens is 298 g/mol. The molecule has 1 aromatic heterocycles. The average molecular weight is 319 g/mol. The maximum atomic E-state index is 6.08. The lowest BCUT2D eigenvalue weighted by molar-refractivity contribution is 0.276. The third kappa shape index (κ3) is 2.61. The molecule has 1 aliphatic heterocycles. The van der Waals surface area contributed by atoms with Gasteiger partial charge in [-0.15, -0.1) is 0 Å². The largest absolute Gasteiger partial charge is 0.485 e. The van der Waals surface area contributed by atoms with Crippen molar-refractivity contribution >= 4 is 16.5 Å². The third-order valence-electron chi connectivity index (χ3n) is 4.40. The summed E-state index contributed by atoms with van der Waals surface area (Å²) in [5.41, 5.74) is 4.45. The van der Waals surface area contributed by atoms with Crippen molar-refractivity contribution in [3.63, 3.8) is 0 Å². The van der Waals surface area contributed by atoms with Crippen molar-refractivity contribution in [1.29, 1.82) is 0 Å². The van der Waals surface area contributed by atoms with Gasteiger partial charge >= 0.3 is 0 Å². The van der Waals surface area contributed by atoms with E-state index in [1.807, 2.05) is 24.3 Å². The first-order valence-corrected chi connectivity index (χ1v) is 8.32. The molecule has 0 spiro atoms. The van der Waals surface area contributed by atoms with E-state index in [-0.39, 0.29) is 0 Å². The van der Waals surface area contributed by atoms with Crippen molar-refractivity contribution in [2.24, 2.45) is 0 Å². The topological polar surface area (TPSA) is 25.6 Å². The Morgan fingerprint density at radius 3 is 2.71 bits per heavy atom. The summed E-state index contributed by atoms with van der Waals surface area (Å²) in [5, 5.41) is 1.16. The fourth-order valence-electron chi connectivity index (χ4n) is 3.27. The minimum absolute atomic E-state index is 0.464. The highest BCUT2D eigenvalue weighted by Crippen LogP contribution is 2.41. The van der Waals surface area contributed by atoms with E-state index in [1.54, 1.807) is 0 Å². The van der Waals surface area contributed by atoms with Gasteiger partial charge in [-0.3, -0.25) is 0 Å². The molecule has 0 fully saturated rings. The summed E-state index contributed by atoms with van der Waals surface area (Å²) in [7, 11) is 4.20. The first-order valence-electron chi connectivity index (χ1n) is 8.32. The number of fused-ring (bicyclic) bond motifs is 4. The van der Waals surface area contributed by atoms with Gasteiger partial charge in [0, 0.05) is 23.1 Å². The van der Waals surface area contributed by atoms with Gasteiger partial charge in [-0.25, -0.2) is 0 Å². The second-order valence-electron chi connectivity index (χ2n) is 6.39. The van der Waals surface area contributed by atoms with E-state index in [0.717, 1.165) is 41.0 Å². The van der Waals surface area contributed by atoms with E-state index >= 15 is 0 Å². The molecule has 0 saturated heterocycles. The van der Waals surface area contributed by atoms with Crippen LogP contribution in [0.5, 0.6) is 5.75 Å². The van der Waals surface area contributed by atoms with Gasteiger partial charge in [0.1, 0.15) is 17.9 Å². The molecule has 3 nitrogen and oxygen atoms in total. The van der Waals surface area contributed by atoms with Gasteiger partial charge in [0.25, 0.3) is 0 Å². The molecule has 0 radical (unpaired) electrons. The van der Waals surface area contributed by atoms with Crippen molar-refractivity contribution in [3.05, 3.63) is 71.5 Å². The van der Waals surface area contributed by atoms with Crippen LogP contribution in [0.1, 0.15) is 23.3 Å². The number of rotatable bonds is 3. The number of benzene rings is 2. The Morgan fingerprint density at radius 2 is 1.83 bits per heavy atom. The lowest BCUT2D eigenvalue weighted by atomic mass is 9.94. The lowest BCUT2D eigenvalue weighted by Crippen LogP contribution is -2.12. The molecule has 4 rings (SSSR count). The standard InChI is InChI=1S/C21H21NO2/c1-22(2)13-7-10-16-15-8-3-5-11-18(15)23-14-20-21(16)17-9-4-6-12-19(17)24-20/h3-6,8-12H,7,13-14H2,1-2H3. The number of para-hydroxylation sites is 2. The lowest BCUT2D eigenvalue weighted by Gasteiger charge is -2.11. The number of nitrogens with zero attached hydrogens (tertiary/aromatic N) is 1. The second-order valence-corrected chi connectivity index (χ2v) is 6.39. The zero-order valence-corrected chi connectivity index (χ0v) is 14.1. The highest BCUT2D eigenvalue weighted by Gasteiger charge is 2.24. The fourth-order valence-corrected chi connectivity index (χ4v) is 3.27. The Balaban J connectivity index is 1.91. The maximum absolute atomic E-state index is 6.08. The second kappa shape index (κ2) is 6.17.